The van der Waals surface area contributed by atoms with Crippen molar-refractivity contribution in [3.05, 3.63) is 53.6 Å². The fourth-order valence-electron chi connectivity index (χ4n) is 3.92. The summed E-state index contributed by atoms with van der Waals surface area (Å²) in [4.78, 5) is 3.80. The van der Waals surface area contributed by atoms with Gasteiger partial charge in [-0.2, -0.15) is 0 Å². The quantitative estimate of drug-likeness (QED) is 0.576. The highest BCUT2D eigenvalue weighted by atomic mass is 16.5. The minimum absolute atomic E-state index is 0.349. The largest absolute Gasteiger partial charge is 0.497 e. The van der Waals surface area contributed by atoms with Crippen LogP contribution in [0.25, 0.3) is 0 Å². The highest BCUT2D eigenvalue weighted by Gasteiger charge is 2.22. The van der Waals surface area contributed by atoms with Crippen LogP contribution in [-0.2, 0) is 4.74 Å². The van der Waals surface area contributed by atoms with E-state index in [-0.39, 0.29) is 0 Å². The van der Waals surface area contributed by atoms with Crippen LogP contribution < -0.4 is 19.3 Å². The molecular weight excluding hydrogens is 380 g/mol. The maximum Gasteiger partial charge on any atom is 0.126 e. The number of benzene rings is 2. The van der Waals surface area contributed by atoms with Gasteiger partial charge < -0.3 is 29.1 Å². The molecule has 2 N–H and O–H groups in total. The summed E-state index contributed by atoms with van der Waals surface area (Å²) in [6.07, 6.45) is -0.451. The third kappa shape index (κ3) is 6.36. The molecule has 0 bridgehead atoms. The Labute approximate surface area is 180 Å². The number of ether oxygens (including phenoxy) is 3. The minimum atomic E-state index is -0.451. The summed E-state index contributed by atoms with van der Waals surface area (Å²) in [5, 5.41) is 10.3. The van der Waals surface area contributed by atoms with Gasteiger partial charge >= 0.3 is 0 Å². The summed E-state index contributed by atoms with van der Waals surface area (Å²) in [7, 11) is 1.68. The molecule has 0 saturated carbocycles. The Morgan fingerprint density at radius 3 is 2.30 bits per heavy atom. The number of methoxy groups -OCH3 is 1. The molecule has 0 spiro atoms. The van der Waals surface area contributed by atoms with E-state index in [1.165, 1.54) is 10.6 Å². The maximum absolute atomic E-state index is 10.3. The number of nitrogens with zero attached hydrogens (tertiary/aromatic N) is 1. The van der Waals surface area contributed by atoms with E-state index in [1.807, 2.05) is 44.2 Å². The second kappa shape index (κ2) is 11.2. The van der Waals surface area contributed by atoms with Gasteiger partial charge in [0, 0.05) is 5.69 Å². The lowest BCUT2D eigenvalue weighted by Gasteiger charge is -2.34. The van der Waals surface area contributed by atoms with Crippen molar-refractivity contribution >= 4 is 5.69 Å². The number of aryl methyl sites for hydroxylation is 2. The molecule has 6 heteroatoms. The predicted octanol–water partition coefficient (Wildman–Crippen LogP) is 1.47. The number of hydrogen-bond acceptors (Lipinski definition) is 5. The molecule has 6 nitrogen and oxygen atoms in total. The Morgan fingerprint density at radius 1 is 1.00 bits per heavy atom. The minimum Gasteiger partial charge on any atom is -0.497 e. The molecule has 2 aromatic carbocycles. The van der Waals surface area contributed by atoms with E-state index in [0.717, 1.165) is 48.8 Å². The second-order valence-corrected chi connectivity index (χ2v) is 7.94. The van der Waals surface area contributed by atoms with E-state index < -0.39 is 6.10 Å². The monoisotopic (exact) mass is 415 g/mol. The Bertz CT molecular complexity index is 753. The standard InChI is InChI=1S/C24H34N2O4/c1-19-5-4-6-20(2)24(19)30-16-15-29-18-22(27)17-25-11-13-26(14-12-25)21-7-9-23(28-3)10-8-21/h4-10,22,27H,11-18H2,1-3H3/p+1/t22-/m0/s1. The van der Waals surface area contributed by atoms with E-state index >= 15 is 0 Å². The average Bonchev–Trinajstić information content (AvgIpc) is 2.76. The smallest absolute Gasteiger partial charge is 0.126 e. The summed E-state index contributed by atoms with van der Waals surface area (Å²) in [6.45, 7) is 10.1. The van der Waals surface area contributed by atoms with Gasteiger partial charge in [-0.25, -0.2) is 0 Å². The summed E-state index contributed by atoms with van der Waals surface area (Å²) < 4.78 is 16.7. The molecule has 0 amide bonds. The molecular formula is C24H35N2O4+. The zero-order valence-electron chi connectivity index (χ0n) is 18.4. The summed E-state index contributed by atoms with van der Waals surface area (Å²) in [6, 6.07) is 14.3. The number of piperazine rings is 1. The number of anilines is 1. The van der Waals surface area contributed by atoms with E-state index in [9.17, 15) is 5.11 Å². The van der Waals surface area contributed by atoms with Crippen LogP contribution in [0.1, 0.15) is 11.1 Å². The second-order valence-electron chi connectivity index (χ2n) is 7.94. The molecule has 3 rings (SSSR count). The molecule has 0 aromatic heterocycles. The van der Waals surface area contributed by atoms with Crippen molar-refractivity contribution in [2.75, 3.05) is 64.6 Å². The first-order valence-electron chi connectivity index (χ1n) is 10.7. The van der Waals surface area contributed by atoms with Gasteiger partial charge in [0.2, 0.25) is 0 Å². The van der Waals surface area contributed by atoms with Crippen LogP contribution in [0.5, 0.6) is 11.5 Å². The first-order chi connectivity index (χ1) is 14.6. The lowest BCUT2D eigenvalue weighted by Crippen LogP contribution is -3.16. The van der Waals surface area contributed by atoms with Crippen LogP contribution in [0.4, 0.5) is 5.69 Å². The first-order valence-corrected chi connectivity index (χ1v) is 10.7. The molecule has 2 aromatic rings. The third-order valence-corrected chi connectivity index (χ3v) is 5.63. The van der Waals surface area contributed by atoms with Crippen LogP contribution in [0.2, 0.25) is 0 Å². The Balaban J connectivity index is 1.30. The van der Waals surface area contributed by atoms with E-state index in [2.05, 4.69) is 17.0 Å². The van der Waals surface area contributed by atoms with Gasteiger partial charge in [-0.15, -0.1) is 0 Å². The fraction of sp³-hybridized carbons (Fsp3) is 0.500. The fourth-order valence-corrected chi connectivity index (χ4v) is 3.92. The maximum atomic E-state index is 10.3. The van der Waals surface area contributed by atoms with Crippen LogP contribution in [0.15, 0.2) is 42.5 Å². The lowest BCUT2D eigenvalue weighted by molar-refractivity contribution is -0.903. The van der Waals surface area contributed by atoms with E-state index in [4.69, 9.17) is 14.2 Å². The van der Waals surface area contributed by atoms with Crippen molar-refractivity contribution in [2.24, 2.45) is 0 Å². The Kier molecular flexibility index (Phi) is 8.37. The molecule has 1 aliphatic rings. The number of quaternary nitrogens is 1. The van der Waals surface area contributed by atoms with Crippen molar-refractivity contribution in [3.63, 3.8) is 0 Å². The zero-order valence-corrected chi connectivity index (χ0v) is 18.4. The number of aliphatic hydroxyl groups excluding tert-OH is 1. The zero-order chi connectivity index (χ0) is 21.3. The van der Waals surface area contributed by atoms with Gasteiger partial charge in [0.05, 0.1) is 46.5 Å². The summed E-state index contributed by atoms with van der Waals surface area (Å²) in [5.74, 6) is 1.81. The summed E-state index contributed by atoms with van der Waals surface area (Å²) in [5.41, 5.74) is 3.49. The van der Waals surface area contributed by atoms with Crippen LogP contribution in [0, 0.1) is 13.8 Å². The van der Waals surface area contributed by atoms with Crippen molar-refractivity contribution in [1.82, 2.24) is 0 Å². The van der Waals surface area contributed by atoms with Crippen LogP contribution in [0.3, 0.4) is 0 Å². The van der Waals surface area contributed by atoms with Gasteiger partial charge in [0.15, 0.2) is 0 Å². The highest BCUT2D eigenvalue weighted by Crippen LogP contribution is 2.22. The molecule has 0 radical (unpaired) electrons. The van der Waals surface area contributed by atoms with E-state index in [0.29, 0.717) is 26.4 Å². The van der Waals surface area contributed by atoms with Gasteiger partial charge in [0.1, 0.15) is 30.8 Å². The topological polar surface area (TPSA) is 55.6 Å². The van der Waals surface area contributed by atoms with Crippen molar-refractivity contribution in [3.8, 4) is 11.5 Å². The molecule has 0 unspecified atom stereocenters. The van der Waals surface area contributed by atoms with Gasteiger partial charge in [-0.05, 0) is 49.2 Å². The lowest BCUT2D eigenvalue weighted by atomic mass is 10.1. The van der Waals surface area contributed by atoms with Gasteiger partial charge in [0.25, 0.3) is 0 Å². The number of rotatable bonds is 10. The van der Waals surface area contributed by atoms with Crippen LogP contribution >= 0.6 is 0 Å². The molecule has 1 atom stereocenters. The molecule has 1 saturated heterocycles. The average molecular weight is 416 g/mol. The predicted molar refractivity (Wildman–Crippen MR) is 119 cm³/mol. The molecule has 30 heavy (non-hydrogen) atoms. The number of nitrogens with one attached hydrogen (secondary N) is 1. The third-order valence-electron chi connectivity index (χ3n) is 5.63. The SMILES string of the molecule is COc1ccc(N2CC[NH+](C[C@H](O)COCCOc3c(C)cccc3C)CC2)cc1. The van der Waals surface area contributed by atoms with Crippen LogP contribution in [-0.4, -0.2) is 70.9 Å². The van der Waals surface area contributed by atoms with Crippen molar-refractivity contribution in [2.45, 2.75) is 20.0 Å². The van der Waals surface area contributed by atoms with Crippen molar-refractivity contribution < 1.29 is 24.2 Å². The normalized spacial score (nSPS) is 15.8. The van der Waals surface area contributed by atoms with Gasteiger partial charge in [-0.1, -0.05) is 18.2 Å². The van der Waals surface area contributed by atoms with E-state index in [1.54, 1.807) is 7.11 Å². The highest BCUT2D eigenvalue weighted by molar-refractivity contribution is 5.49. The Hall–Kier alpha value is -2.28. The number of aliphatic hydroxyl groups is 1. The first kappa shape index (κ1) is 22.4. The number of para-hydroxylation sites is 1. The molecule has 1 heterocycles. The molecule has 1 aliphatic heterocycles. The molecule has 0 aliphatic carbocycles. The van der Waals surface area contributed by atoms with Crippen molar-refractivity contribution in [1.29, 1.82) is 0 Å². The molecule has 1 fully saturated rings. The number of hydrogen-bond donors (Lipinski definition) is 2. The van der Waals surface area contributed by atoms with Gasteiger partial charge in [-0.3, -0.25) is 0 Å². The Morgan fingerprint density at radius 2 is 1.67 bits per heavy atom. The summed E-state index contributed by atoms with van der Waals surface area (Å²) >= 11 is 0. The molecule has 164 valence electrons.